The monoisotopic (exact) mass is 244 g/mol. The van der Waals surface area contributed by atoms with Gasteiger partial charge >= 0.3 is 0 Å². The van der Waals surface area contributed by atoms with Crippen molar-refractivity contribution >= 4 is 11.5 Å². The third kappa shape index (κ3) is 1.48. The van der Waals surface area contributed by atoms with E-state index < -0.39 is 0 Å². The molecule has 2 aliphatic rings. The van der Waals surface area contributed by atoms with Crippen LogP contribution in [0.3, 0.4) is 0 Å². The van der Waals surface area contributed by atoms with E-state index in [9.17, 15) is 0 Å². The highest BCUT2D eigenvalue weighted by atomic mass is 15.3. The summed E-state index contributed by atoms with van der Waals surface area (Å²) >= 11 is 0. The van der Waals surface area contributed by atoms with E-state index in [2.05, 4.69) is 41.5 Å². The fraction of sp³-hybridized carbons (Fsp3) is 0.643. The van der Waals surface area contributed by atoms with E-state index >= 15 is 0 Å². The summed E-state index contributed by atoms with van der Waals surface area (Å²) in [6, 6.07) is 3.75. The van der Waals surface area contributed by atoms with E-state index in [1.165, 1.54) is 18.6 Å². The first kappa shape index (κ1) is 11.6. The lowest BCUT2D eigenvalue weighted by Crippen LogP contribution is -2.32. The second-order valence-electron chi connectivity index (χ2n) is 6.27. The minimum Gasteiger partial charge on any atom is -0.260 e. The van der Waals surface area contributed by atoms with Gasteiger partial charge in [0.2, 0.25) is 0 Å². The van der Waals surface area contributed by atoms with Crippen LogP contribution in [0.2, 0.25) is 0 Å². The first-order valence-electron chi connectivity index (χ1n) is 6.65. The van der Waals surface area contributed by atoms with E-state index in [1.807, 2.05) is 12.1 Å². The number of fused-ring (bicyclic) bond motifs is 2. The van der Waals surface area contributed by atoms with Gasteiger partial charge in [-0.15, -0.1) is 5.10 Å². The van der Waals surface area contributed by atoms with Crippen molar-refractivity contribution < 1.29 is 0 Å². The summed E-state index contributed by atoms with van der Waals surface area (Å²) in [7, 11) is 0. The Kier molecular flexibility index (Phi) is 2.44. The van der Waals surface area contributed by atoms with Gasteiger partial charge in [0.15, 0.2) is 5.82 Å². The zero-order valence-electron chi connectivity index (χ0n) is 11.3. The second-order valence-corrected chi connectivity index (χ2v) is 6.27. The molecule has 1 aromatic rings. The lowest BCUT2D eigenvalue weighted by molar-refractivity contribution is 0.194. The minimum absolute atomic E-state index is 0.243. The Hall–Kier alpha value is -1.45. The van der Waals surface area contributed by atoms with Crippen LogP contribution in [0.5, 0.6) is 0 Å². The van der Waals surface area contributed by atoms with Crippen molar-refractivity contribution in [1.82, 2.24) is 10.2 Å². The number of rotatable bonds is 2. The van der Waals surface area contributed by atoms with Crippen LogP contribution in [0.15, 0.2) is 23.4 Å². The van der Waals surface area contributed by atoms with E-state index in [-0.39, 0.29) is 5.41 Å². The first-order chi connectivity index (χ1) is 8.54. The number of nitrogens with one attached hydrogen (secondary N) is 1. The van der Waals surface area contributed by atoms with Gasteiger partial charge < -0.3 is 0 Å². The Balaban J connectivity index is 1.83. The van der Waals surface area contributed by atoms with Gasteiger partial charge in [-0.1, -0.05) is 20.8 Å². The molecule has 1 N–H and O–H groups in total. The Morgan fingerprint density at radius 2 is 2.22 bits per heavy atom. The van der Waals surface area contributed by atoms with Gasteiger partial charge in [-0.2, -0.15) is 10.2 Å². The molecule has 0 saturated heterocycles. The summed E-state index contributed by atoms with van der Waals surface area (Å²) in [6.07, 6.45) is 5.39. The largest absolute Gasteiger partial charge is 0.260 e. The van der Waals surface area contributed by atoms with Gasteiger partial charge in [-0.3, -0.25) is 5.43 Å². The zero-order valence-corrected chi connectivity index (χ0v) is 11.3. The molecule has 2 bridgehead atoms. The molecule has 96 valence electrons. The highest BCUT2D eigenvalue weighted by molar-refractivity contribution is 5.94. The fourth-order valence-electron chi connectivity index (χ4n) is 3.58. The van der Waals surface area contributed by atoms with Crippen molar-refractivity contribution in [3.05, 3.63) is 18.3 Å². The van der Waals surface area contributed by atoms with Crippen LogP contribution in [0.25, 0.3) is 0 Å². The summed E-state index contributed by atoms with van der Waals surface area (Å²) in [5.74, 6) is 1.50. The van der Waals surface area contributed by atoms with Gasteiger partial charge in [0.1, 0.15) is 0 Å². The quantitative estimate of drug-likeness (QED) is 0.813. The molecule has 18 heavy (non-hydrogen) atoms. The number of hydrogen-bond donors (Lipinski definition) is 1. The zero-order chi connectivity index (χ0) is 12.8. The molecule has 0 amide bonds. The lowest BCUT2D eigenvalue weighted by atomic mass is 9.70. The number of anilines is 1. The molecule has 2 atom stereocenters. The summed E-state index contributed by atoms with van der Waals surface area (Å²) < 4.78 is 0. The second kappa shape index (κ2) is 3.77. The molecule has 4 heteroatoms. The van der Waals surface area contributed by atoms with Gasteiger partial charge in [0, 0.05) is 17.3 Å². The maximum atomic E-state index is 4.61. The van der Waals surface area contributed by atoms with Gasteiger partial charge in [0.05, 0.1) is 0 Å². The summed E-state index contributed by atoms with van der Waals surface area (Å²) in [5.41, 5.74) is 4.96. The van der Waals surface area contributed by atoms with Crippen LogP contribution >= 0.6 is 0 Å². The van der Waals surface area contributed by atoms with Crippen LogP contribution in [-0.4, -0.2) is 15.9 Å². The van der Waals surface area contributed by atoms with E-state index in [0.717, 1.165) is 12.3 Å². The number of aromatic nitrogens is 2. The maximum Gasteiger partial charge on any atom is 0.168 e. The Labute approximate surface area is 108 Å². The van der Waals surface area contributed by atoms with E-state index in [4.69, 9.17) is 0 Å². The fourth-order valence-corrected chi connectivity index (χ4v) is 3.58. The van der Waals surface area contributed by atoms with E-state index in [0.29, 0.717) is 11.2 Å². The molecule has 1 aromatic heterocycles. The number of hydrazone groups is 1. The normalized spacial score (nSPS) is 35.1. The van der Waals surface area contributed by atoms with Gasteiger partial charge in [-0.05, 0) is 42.7 Å². The number of hydrogen-bond acceptors (Lipinski definition) is 4. The maximum absolute atomic E-state index is 4.61. The molecule has 2 aliphatic carbocycles. The van der Waals surface area contributed by atoms with Crippen LogP contribution in [0.1, 0.15) is 40.0 Å². The lowest BCUT2D eigenvalue weighted by Gasteiger charge is -2.34. The summed E-state index contributed by atoms with van der Waals surface area (Å²) in [4.78, 5) is 0. The average Bonchev–Trinajstić information content (AvgIpc) is 2.70. The van der Waals surface area contributed by atoms with Crippen molar-refractivity contribution in [2.45, 2.75) is 40.0 Å². The standard InChI is InChI=1S/C14H20N4/c1-13(2)10-6-7-14(13,3)11(9-10)16-18-12-5-4-8-15-17-12/h4-5,8,10H,6-7,9H2,1-3H3,(H,17,18)/b16-11-. The van der Waals surface area contributed by atoms with Crippen molar-refractivity contribution in [1.29, 1.82) is 0 Å². The number of nitrogens with zero attached hydrogens (tertiary/aromatic N) is 3. The predicted molar refractivity (Wildman–Crippen MR) is 72.3 cm³/mol. The molecule has 0 radical (unpaired) electrons. The summed E-state index contributed by atoms with van der Waals surface area (Å²) in [5, 5.41) is 12.4. The smallest absolute Gasteiger partial charge is 0.168 e. The van der Waals surface area contributed by atoms with Gasteiger partial charge in [0.25, 0.3) is 0 Å². The van der Waals surface area contributed by atoms with Gasteiger partial charge in [-0.25, -0.2) is 0 Å². The van der Waals surface area contributed by atoms with Crippen molar-refractivity contribution in [3.8, 4) is 0 Å². The molecule has 0 aromatic carbocycles. The Morgan fingerprint density at radius 1 is 1.39 bits per heavy atom. The molecular formula is C14H20N4. The average molecular weight is 244 g/mol. The molecule has 2 saturated carbocycles. The van der Waals surface area contributed by atoms with Crippen molar-refractivity contribution in [2.24, 2.45) is 21.8 Å². The minimum atomic E-state index is 0.243. The SMILES string of the molecule is CC12CCC(C/C1=N/Nc1cccnn1)C2(C)C. The highest BCUT2D eigenvalue weighted by Gasteiger charge is 2.59. The third-order valence-corrected chi connectivity index (χ3v) is 5.39. The Bertz CT molecular complexity index is 480. The molecule has 0 spiro atoms. The molecular weight excluding hydrogens is 224 g/mol. The predicted octanol–water partition coefficient (Wildman–Crippen LogP) is 3.09. The van der Waals surface area contributed by atoms with Crippen molar-refractivity contribution in [2.75, 3.05) is 5.43 Å². The Morgan fingerprint density at radius 3 is 2.78 bits per heavy atom. The van der Waals surface area contributed by atoms with Crippen LogP contribution in [0.4, 0.5) is 5.82 Å². The van der Waals surface area contributed by atoms with Crippen molar-refractivity contribution in [3.63, 3.8) is 0 Å². The van der Waals surface area contributed by atoms with E-state index in [1.54, 1.807) is 6.20 Å². The molecule has 2 unspecified atom stereocenters. The van der Waals surface area contributed by atoms with Crippen LogP contribution < -0.4 is 5.43 Å². The molecule has 0 aliphatic heterocycles. The highest BCUT2D eigenvalue weighted by Crippen LogP contribution is 2.63. The van der Waals surface area contributed by atoms with Crippen LogP contribution in [-0.2, 0) is 0 Å². The molecule has 3 rings (SSSR count). The first-order valence-corrected chi connectivity index (χ1v) is 6.65. The molecule has 2 fully saturated rings. The van der Waals surface area contributed by atoms with Crippen LogP contribution in [0, 0.1) is 16.7 Å². The third-order valence-electron chi connectivity index (χ3n) is 5.39. The topological polar surface area (TPSA) is 50.2 Å². The summed E-state index contributed by atoms with van der Waals surface area (Å²) in [6.45, 7) is 7.13. The molecule has 4 nitrogen and oxygen atoms in total. The molecule has 1 heterocycles.